The molecular formula is C15H26N4. The lowest BCUT2D eigenvalue weighted by Crippen LogP contribution is -2.45. The van der Waals surface area contributed by atoms with Gasteiger partial charge in [0.05, 0.1) is 17.6 Å². The van der Waals surface area contributed by atoms with Crippen LogP contribution in [0.4, 0.5) is 5.69 Å². The van der Waals surface area contributed by atoms with Crippen LogP contribution < -0.4 is 10.2 Å². The number of anilines is 1. The summed E-state index contributed by atoms with van der Waals surface area (Å²) in [7, 11) is 6.35. The first-order valence-corrected chi connectivity index (χ1v) is 7.16. The molecule has 1 aromatic heterocycles. The number of piperidine rings is 1. The Bertz CT molecular complexity index is 390. The van der Waals surface area contributed by atoms with Gasteiger partial charge in [-0.05, 0) is 52.5 Å². The number of hydrogen-bond donors (Lipinski definition) is 1. The Morgan fingerprint density at radius 2 is 2.26 bits per heavy atom. The van der Waals surface area contributed by atoms with Crippen molar-refractivity contribution in [1.29, 1.82) is 0 Å². The summed E-state index contributed by atoms with van der Waals surface area (Å²) in [5.74, 6) is 0. The quantitative estimate of drug-likeness (QED) is 0.898. The molecule has 0 amide bonds. The van der Waals surface area contributed by atoms with Crippen LogP contribution in [-0.4, -0.2) is 50.2 Å². The van der Waals surface area contributed by atoms with Gasteiger partial charge in [0.2, 0.25) is 0 Å². The summed E-state index contributed by atoms with van der Waals surface area (Å²) in [5, 5.41) is 3.22. The molecule has 2 atom stereocenters. The van der Waals surface area contributed by atoms with E-state index in [1.807, 2.05) is 13.2 Å². The Balaban J connectivity index is 2.04. The molecule has 2 unspecified atom stereocenters. The summed E-state index contributed by atoms with van der Waals surface area (Å²) in [6.45, 7) is 4.49. The van der Waals surface area contributed by atoms with Gasteiger partial charge in [-0.1, -0.05) is 0 Å². The molecule has 2 rings (SSSR count). The highest BCUT2D eigenvalue weighted by atomic mass is 15.2. The highest BCUT2D eigenvalue weighted by molar-refractivity contribution is 5.45. The van der Waals surface area contributed by atoms with E-state index >= 15 is 0 Å². The molecular weight excluding hydrogens is 236 g/mol. The van der Waals surface area contributed by atoms with Crippen LogP contribution in [0.25, 0.3) is 0 Å². The molecule has 0 radical (unpaired) electrons. The molecule has 0 saturated carbocycles. The number of aromatic nitrogens is 1. The average Bonchev–Trinajstić information content (AvgIpc) is 2.46. The van der Waals surface area contributed by atoms with Crippen LogP contribution in [0.3, 0.4) is 0 Å². The monoisotopic (exact) mass is 262 g/mol. The minimum Gasteiger partial charge on any atom is -0.369 e. The number of hydrogen-bond acceptors (Lipinski definition) is 4. The molecule has 106 valence electrons. The first-order chi connectivity index (χ1) is 9.11. The van der Waals surface area contributed by atoms with Crippen molar-refractivity contribution >= 4 is 5.69 Å². The summed E-state index contributed by atoms with van der Waals surface area (Å²) in [5.41, 5.74) is 2.31. The molecule has 1 aliphatic heterocycles. The minimum atomic E-state index is 0.306. The highest BCUT2D eigenvalue weighted by Crippen LogP contribution is 2.21. The van der Waals surface area contributed by atoms with E-state index in [-0.39, 0.29) is 0 Å². The molecule has 4 heteroatoms. The normalized spacial score (nSPS) is 22.2. The molecule has 1 N–H and O–H groups in total. The second-order valence-electron chi connectivity index (χ2n) is 5.62. The SMILES string of the molecule is CNC(C)c1ccc(N(C)C2CCCN(C)C2)cn1. The van der Waals surface area contributed by atoms with Gasteiger partial charge in [-0.25, -0.2) is 0 Å². The maximum atomic E-state index is 4.57. The third-order valence-electron chi connectivity index (χ3n) is 4.20. The van der Waals surface area contributed by atoms with Gasteiger partial charge in [-0.3, -0.25) is 4.98 Å². The maximum Gasteiger partial charge on any atom is 0.0571 e. The lowest BCUT2D eigenvalue weighted by molar-refractivity contribution is 0.248. The van der Waals surface area contributed by atoms with Gasteiger partial charge in [0.15, 0.2) is 0 Å². The van der Waals surface area contributed by atoms with Gasteiger partial charge in [-0.15, -0.1) is 0 Å². The van der Waals surface area contributed by atoms with Gasteiger partial charge >= 0.3 is 0 Å². The second-order valence-corrected chi connectivity index (χ2v) is 5.62. The zero-order chi connectivity index (χ0) is 13.8. The van der Waals surface area contributed by atoms with E-state index < -0.39 is 0 Å². The van der Waals surface area contributed by atoms with E-state index in [2.05, 4.69) is 53.3 Å². The van der Waals surface area contributed by atoms with Crippen LogP contribution in [0.2, 0.25) is 0 Å². The minimum absolute atomic E-state index is 0.306. The number of likely N-dealkylation sites (tertiary alicyclic amines) is 1. The standard InChI is InChI=1S/C15H26N4/c1-12(16-2)15-8-7-13(10-17-15)19(4)14-6-5-9-18(3)11-14/h7-8,10,12,14,16H,5-6,9,11H2,1-4H3. The van der Waals surface area contributed by atoms with Crippen molar-refractivity contribution in [3.05, 3.63) is 24.0 Å². The van der Waals surface area contributed by atoms with E-state index in [1.165, 1.54) is 25.1 Å². The number of rotatable bonds is 4. The average molecular weight is 262 g/mol. The van der Waals surface area contributed by atoms with Gasteiger partial charge < -0.3 is 15.1 Å². The van der Waals surface area contributed by atoms with Crippen molar-refractivity contribution in [2.45, 2.75) is 31.8 Å². The zero-order valence-electron chi connectivity index (χ0n) is 12.6. The summed E-state index contributed by atoms with van der Waals surface area (Å²) in [4.78, 5) is 9.35. The van der Waals surface area contributed by atoms with E-state index in [1.54, 1.807) is 0 Å². The van der Waals surface area contributed by atoms with E-state index in [4.69, 9.17) is 0 Å². The number of pyridine rings is 1. The first-order valence-electron chi connectivity index (χ1n) is 7.16. The predicted molar refractivity (Wildman–Crippen MR) is 80.6 cm³/mol. The predicted octanol–water partition coefficient (Wildman–Crippen LogP) is 1.89. The van der Waals surface area contributed by atoms with Crippen molar-refractivity contribution in [3.63, 3.8) is 0 Å². The van der Waals surface area contributed by atoms with E-state index in [9.17, 15) is 0 Å². The van der Waals surface area contributed by atoms with Crippen molar-refractivity contribution in [3.8, 4) is 0 Å². The first kappa shape index (κ1) is 14.3. The number of nitrogens with zero attached hydrogens (tertiary/aromatic N) is 3. The zero-order valence-corrected chi connectivity index (χ0v) is 12.6. The van der Waals surface area contributed by atoms with Crippen LogP contribution >= 0.6 is 0 Å². The molecule has 0 aromatic carbocycles. The molecule has 2 heterocycles. The lowest BCUT2D eigenvalue weighted by atomic mass is 10.0. The molecule has 0 spiro atoms. The van der Waals surface area contributed by atoms with E-state index in [0.717, 1.165) is 12.2 Å². The van der Waals surface area contributed by atoms with Gasteiger partial charge in [-0.2, -0.15) is 0 Å². The second kappa shape index (κ2) is 6.35. The largest absolute Gasteiger partial charge is 0.369 e. The van der Waals surface area contributed by atoms with Crippen LogP contribution in [0.15, 0.2) is 18.3 Å². The molecule has 0 bridgehead atoms. The Morgan fingerprint density at radius 3 is 2.84 bits per heavy atom. The molecule has 1 aliphatic rings. The number of nitrogens with one attached hydrogen (secondary N) is 1. The molecule has 1 aromatic rings. The molecule has 1 saturated heterocycles. The Morgan fingerprint density at radius 1 is 1.47 bits per heavy atom. The van der Waals surface area contributed by atoms with Crippen LogP contribution in [0.5, 0.6) is 0 Å². The van der Waals surface area contributed by atoms with Gasteiger partial charge in [0.1, 0.15) is 0 Å². The third-order valence-corrected chi connectivity index (χ3v) is 4.20. The number of likely N-dealkylation sites (N-methyl/N-ethyl adjacent to an activating group) is 2. The summed E-state index contributed by atoms with van der Waals surface area (Å²) in [6, 6.07) is 5.22. The van der Waals surface area contributed by atoms with Gasteiger partial charge in [0, 0.05) is 25.7 Å². The Kier molecular flexibility index (Phi) is 4.77. The van der Waals surface area contributed by atoms with Crippen LogP contribution in [0.1, 0.15) is 31.5 Å². The van der Waals surface area contributed by atoms with Crippen molar-refractivity contribution in [2.75, 3.05) is 39.1 Å². The van der Waals surface area contributed by atoms with Crippen molar-refractivity contribution in [1.82, 2.24) is 15.2 Å². The lowest BCUT2D eigenvalue weighted by Gasteiger charge is -2.37. The highest BCUT2D eigenvalue weighted by Gasteiger charge is 2.21. The molecule has 4 nitrogen and oxygen atoms in total. The van der Waals surface area contributed by atoms with Crippen molar-refractivity contribution < 1.29 is 0 Å². The summed E-state index contributed by atoms with van der Waals surface area (Å²) >= 11 is 0. The van der Waals surface area contributed by atoms with E-state index in [0.29, 0.717) is 12.1 Å². The molecule has 1 fully saturated rings. The molecule has 0 aliphatic carbocycles. The third kappa shape index (κ3) is 3.45. The Labute approximate surface area is 116 Å². The van der Waals surface area contributed by atoms with Crippen LogP contribution in [-0.2, 0) is 0 Å². The maximum absolute atomic E-state index is 4.57. The Hall–Kier alpha value is -1.13. The fourth-order valence-electron chi connectivity index (χ4n) is 2.68. The topological polar surface area (TPSA) is 31.4 Å². The molecule has 19 heavy (non-hydrogen) atoms. The van der Waals surface area contributed by atoms with Crippen molar-refractivity contribution in [2.24, 2.45) is 0 Å². The van der Waals surface area contributed by atoms with Gasteiger partial charge in [0.25, 0.3) is 0 Å². The summed E-state index contributed by atoms with van der Waals surface area (Å²) in [6.07, 6.45) is 4.56. The van der Waals surface area contributed by atoms with Crippen LogP contribution in [0, 0.1) is 0 Å². The fraction of sp³-hybridized carbons (Fsp3) is 0.667. The summed E-state index contributed by atoms with van der Waals surface area (Å²) < 4.78 is 0. The fourth-order valence-corrected chi connectivity index (χ4v) is 2.68. The smallest absolute Gasteiger partial charge is 0.0571 e.